The van der Waals surface area contributed by atoms with Gasteiger partial charge in [0, 0.05) is 27.0 Å². The van der Waals surface area contributed by atoms with E-state index in [9.17, 15) is 9.59 Å². The molecule has 0 aromatic carbocycles. The van der Waals surface area contributed by atoms with Crippen molar-refractivity contribution in [1.82, 2.24) is 4.90 Å². The number of ether oxygens (including phenoxy) is 1. The zero-order valence-corrected chi connectivity index (χ0v) is 10.4. The third-order valence-corrected chi connectivity index (χ3v) is 2.51. The van der Waals surface area contributed by atoms with Gasteiger partial charge in [-0.2, -0.15) is 0 Å². The van der Waals surface area contributed by atoms with E-state index in [1.165, 1.54) is 0 Å². The standard InChI is InChI=1S/C11H21NO4/c1-8(6-11(14)15)5-10(13)12(3)9(2)7-16-4/h8-9H,5-7H2,1-4H3,(H,14,15). The Labute approximate surface area is 96.4 Å². The fourth-order valence-corrected chi connectivity index (χ4v) is 1.41. The van der Waals surface area contributed by atoms with Crippen LogP contribution in [0.5, 0.6) is 0 Å². The van der Waals surface area contributed by atoms with Crippen LogP contribution in [0.2, 0.25) is 0 Å². The fourth-order valence-electron chi connectivity index (χ4n) is 1.41. The highest BCUT2D eigenvalue weighted by Crippen LogP contribution is 2.10. The highest BCUT2D eigenvalue weighted by molar-refractivity contribution is 5.77. The van der Waals surface area contributed by atoms with Crippen LogP contribution < -0.4 is 0 Å². The number of carboxylic acids is 1. The zero-order chi connectivity index (χ0) is 12.7. The molecule has 0 saturated heterocycles. The Kier molecular flexibility index (Phi) is 6.72. The molecule has 0 spiro atoms. The molecular formula is C11H21NO4. The monoisotopic (exact) mass is 231 g/mol. The number of amides is 1. The normalized spacial score (nSPS) is 14.2. The number of aliphatic carboxylic acids is 1. The number of carbonyl (C=O) groups excluding carboxylic acids is 1. The molecule has 0 saturated carbocycles. The second-order valence-electron chi connectivity index (χ2n) is 4.22. The summed E-state index contributed by atoms with van der Waals surface area (Å²) in [6.07, 6.45) is 0.287. The summed E-state index contributed by atoms with van der Waals surface area (Å²) in [6, 6.07) is 0.00882. The minimum absolute atomic E-state index is 0.00882. The van der Waals surface area contributed by atoms with Gasteiger partial charge in [-0.15, -0.1) is 0 Å². The summed E-state index contributed by atoms with van der Waals surface area (Å²) in [6.45, 7) is 4.14. The Hall–Kier alpha value is -1.10. The number of hydrogen-bond donors (Lipinski definition) is 1. The highest BCUT2D eigenvalue weighted by atomic mass is 16.5. The number of rotatable bonds is 7. The largest absolute Gasteiger partial charge is 0.481 e. The molecule has 0 aromatic rings. The molecule has 94 valence electrons. The van der Waals surface area contributed by atoms with Crippen molar-refractivity contribution in [3.8, 4) is 0 Å². The Balaban J connectivity index is 4.08. The first-order valence-electron chi connectivity index (χ1n) is 5.34. The van der Waals surface area contributed by atoms with Gasteiger partial charge in [0.05, 0.1) is 12.6 Å². The maximum absolute atomic E-state index is 11.7. The van der Waals surface area contributed by atoms with Crippen molar-refractivity contribution in [1.29, 1.82) is 0 Å². The molecule has 0 aliphatic carbocycles. The summed E-state index contributed by atoms with van der Waals surface area (Å²) in [7, 11) is 3.29. The number of carboxylic acid groups (broad SMARTS) is 1. The Bertz CT molecular complexity index is 242. The predicted molar refractivity (Wildman–Crippen MR) is 60.1 cm³/mol. The molecule has 0 radical (unpaired) electrons. The number of methoxy groups -OCH3 is 1. The second-order valence-corrected chi connectivity index (χ2v) is 4.22. The van der Waals surface area contributed by atoms with Crippen molar-refractivity contribution in [2.75, 3.05) is 20.8 Å². The zero-order valence-electron chi connectivity index (χ0n) is 10.4. The Morgan fingerprint density at radius 3 is 2.31 bits per heavy atom. The van der Waals surface area contributed by atoms with E-state index in [-0.39, 0.29) is 30.7 Å². The number of hydrogen-bond acceptors (Lipinski definition) is 3. The van der Waals surface area contributed by atoms with Crippen molar-refractivity contribution in [2.45, 2.75) is 32.7 Å². The van der Waals surface area contributed by atoms with Crippen molar-refractivity contribution < 1.29 is 19.4 Å². The highest BCUT2D eigenvalue weighted by Gasteiger charge is 2.19. The Morgan fingerprint density at radius 2 is 1.88 bits per heavy atom. The van der Waals surface area contributed by atoms with Crippen LogP contribution >= 0.6 is 0 Å². The van der Waals surface area contributed by atoms with Crippen LogP contribution in [0, 0.1) is 5.92 Å². The molecule has 0 fully saturated rings. The minimum Gasteiger partial charge on any atom is -0.481 e. The third-order valence-electron chi connectivity index (χ3n) is 2.51. The van der Waals surface area contributed by atoms with Crippen molar-refractivity contribution >= 4 is 11.9 Å². The predicted octanol–water partition coefficient (Wildman–Crippen LogP) is 0.981. The summed E-state index contributed by atoms with van der Waals surface area (Å²) in [5.74, 6) is -1.05. The lowest BCUT2D eigenvalue weighted by atomic mass is 10.0. The van der Waals surface area contributed by atoms with Crippen LogP contribution in [0.4, 0.5) is 0 Å². The number of likely N-dealkylation sites (N-methyl/N-ethyl adjacent to an activating group) is 1. The smallest absolute Gasteiger partial charge is 0.303 e. The van der Waals surface area contributed by atoms with Crippen LogP contribution in [0.25, 0.3) is 0 Å². The molecule has 0 aromatic heterocycles. The quantitative estimate of drug-likeness (QED) is 0.709. The lowest BCUT2D eigenvalue weighted by molar-refractivity contribution is -0.138. The molecule has 0 heterocycles. The van der Waals surface area contributed by atoms with E-state index in [4.69, 9.17) is 9.84 Å². The first kappa shape index (κ1) is 14.9. The Morgan fingerprint density at radius 1 is 1.31 bits per heavy atom. The molecule has 0 aliphatic heterocycles. The molecule has 0 rings (SSSR count). The minimum atomic E-state index is -0.868. The molecular weight excluding hydrogens is 210 g/mol. The van der Waals surface area contributed by atoms with Gasteiger partial charge in [0.2, 0.25) is 5.91 Å². The molecule has 5 nitrogen and oxygen atoms in total. The van der Waals surface area contributed by atoms with Gasteiger partial charge in [0.15, 0.2) is 0 Å². The number of nitrogens with zero attached hydrogens (tertiary/aromatic N) is 1. The van der Waals surface area contributed by atoms with E-state index in [1.807, 2.05) is 6.92 Å². The first-order valence-corrected chi connectivity index (χ1v) is 5.34. The van der Waals surface area contributed by atoms with Crippen LogP contribution in [0.15, 0.2) is 0 Å². The van der Waals surface area contributed by atoms with Gasteiger partial charge in [-0.3, -0.25) is 9.59 Å². The van der Waals surface area contributed by atoms with Crippen LogP contribution in [0.3, 0.4) is 0 Å². The summed E-state index contributed by atoms with van der Waals surface area (Å²) in [5.41, 5.74) is 0. The molecule has 2 atom stereocenters. The van der Waals surface area contributed by atoms with Gasteiger partial charge in [0.1, 0.15) is 0 Å². The van der Waals surface area contributed by atoms with Crippen LogP contribution in [-0.4, -0.2) is 48.7 Å². The van der Waals surface area contributed by atoms with Gasteiger partial charge in [-0.05, 0) is 12.8 Å². The van der Waals surface area contributed by atoms with Crippen LogP contribution in [0.1, 0.15) is 26.7 Å². The van der Waals surface area contributed by atoms with Gasteiger partial charge in [-0.1, -0.05) is 6.92 Å². The van der Waals surface area contributed by atoms with Gasteiger partial charge in [-0.25, -0.2) is 0 Å². The maximum atomic E-state index is 11.7. The summed E-state index contributed by atoms with van der Waals surface area (Å²) >= 11 is 0. The maximum Gasteiger partial charge on any atom is 0.303 e. The summed E-state index contributed by atoms with van der Waals surface area (Å²) in [5, 5.41) is 8.58. The van der Waals surface area contributed by atoms with E-state index in [1.54, 1.807) is 26.0 Å². The lowest BCUT2D eigenvalue weighted by Gasteiger charge is -2.25. The van der Waals surface area contributed by atoms with E-state index in [0.717, 1.165) is 0 Å². The topological polar surface area (TPSA) is 66.8 Å². The fraction of sp³-hybridized carbons (Fsp3) is 0.818. The summed E-state index contributed by atoms with van der Waals surface area (Å²) < 4.78 is 4.96. The molecule has 1 N–H and O–H groups in total. The van der Waals surface area contributed by atoms with E-state index >= 15 is 0 Å². The molecule has 16 heavy (non-hydrogen) atoms. The van der Waals surface area contributed by atoms with Gasteiger partial charge >= 0.3 is 5.97 Å². The van der Waals surface area contributed by atoms with Gasteiger partial charge in [0.25, 0.3) is 0 Å². The van der Waals surface area contributed by atoms with E-state index in [2.05, 4.69) is 0 Å². The molecule has 5 heteroatoms. The molecule has 1 amide bonds. The SMILES string of the molecule is COCC(C)N(C)C(=O)CC(C)CC(=O)O. The van der Waals surface area contributed by atoms with E-state index in [0.29, 0.717) is 6.61 Å². The van der Waals surface area contributed by atoms with Crippen molar-refractivity contribution in [2.24, 2.45) is 5.92 Å². The first-order chi connectivity index (χ1) is 7.38. The van der Waals surface area contributed by atoms with Gasteiger partial charge < -0.3 is 14.7 Å². The second kappa shape index (κ2) is 7.22. The molecule has 0 bridgehead atoms. The third kappa shape index (κ3) is 5.70. The van der Waals surface area contributed by atoms with Crippen molar-refractivity contribution in [3.05, 3.63) is 0 Å². The summed E-state index contributed by atoms with van der Waals surface area (Å²) in [4.78, 5) is 23.8. The lowest BCUT2D eigenvalue weighted by Crippen LogP contribution is -2.38. The molecule has 2 unspecified atom stereocenters. The van der Waals surface area contributed by atoms with Crippen LogP contribution in [-0.2, 0) is 14.3 Å². The average Bonchev–Trinajstić information content (AvgIpc) is 2.15. The number of carbonyl (C=O) groups is 2. The molecule has 0 aliphatic rings. The van der Waals surface area contributed by atoms with Crippen molar-refractivity contribution in [3.63, 3.8) is 0 Å². The average molecular weight is 231 g/mol. The van der Waals surface area contributed by atoms with E-state index < -0.39 is 5.97 Å².